The Kier molecular flexibility index (Phi) is 2.61. The van der Waals surface area contributed by atoms with Crippen LogP contribution >= 0.6 is 0 Å². The van der Waals surface area contributed by atoms with Crippen LogP contribution in [0.2, 0.25) is 0 Å². The highest BCUT2D eigenvalue weighted by molar-refractivity contribution is 4.88. The molecule has 66 valence electrons. The molecule has 0 N–H and O–H groups in total. The zero-order valence-corrected chi connectivity index (χ0v) is 8.48. The number of hydrogen-bond donors (Lipinski definition) is 0. The number of hydrogen-bond acceptors (Lipinski definition) is 0. The topological polar surface area (TPSA) is 0 Å². The number of rotatable bonds is 2. The third-order valence-electron chi connectivity index (χ3n) is 3.58. The average molecular weight is 154 g/mol. The summed E-state index contributed by atoms with van der Waals surface area (Å²) in [6, 6.07) is 0. The van der Waals surface area contributed by atoms with E-state index in [9.17, 15) is 0 Å². The minimum absolute atomic E-state index is 0.675. The molecule has 0 heterocycles. The largest absolute Gasteiger partial charge is 0.0654 e. The molecular formula is C11H22. The Morgan fingerprint density at radius 2 is 2.00 bits per heavy atom. The molecule has 1 rings (SSSR count). The van der Waals surface area contributed by atoms with Gasteiger partial charge in [0, 0.05) is 0 Å². The fraction of sp³-hybridized carbons (Fsp3) is 1.00. The van der Waals surface area contributed by atoms with Gasteiger partial charge in [-0.25, -0.2) is 0 Å². The van der Waals surface area contributed by atoms with Crippen LogP contribution in [0.3, 0.4) is 0 Å². The van der Waals surface area contributed by atoms with E-state index < -0.39 is 0 Å². The molecule has 0 aliphatic heterocycles. The predicted octanol–water partition coefficient (Wildman–Crippen LogP) is 3.86. The second kappa shape index (κ2) is 3.16. The second-order valence-corrected chi connectivity index (χ2v) is 4.85. The molecule has 0 radical (unpaired) electrons. The average Bonchev–Trinajstić information content (AvgIpc) is 2.08. The van der Waals surface area contributed by atoms with Crippen molar-refractivity contribution < 1.29 is 0 Å². The first kappa shape index (κ1) is 9.09. The lowest BCUT2D eigenvalue weighted by Crippen LogP contribution is -2.18. The molecule has 0 heteroatoms. The Labute approximate surface area is 71.4 Å². The molecule has 3 atom stereocenters. The van der Waals surface area contributed by atoms with Crippen molar-refractivity contribution in [2.45, 2.75) is 53.4 Å². The predicted molar refractivity (Wildman–Crippen MR) is 50.6 cm³/mol. The highest BCUT2D eigenvalue weighted by Crippen LogP contribution is 2.48. The van der Waals surface area contributed by atoms with E-state index in [1.54, 1.807) is 0 Å². The molecular weight excluding hydrogens is 132 g/mol. The van der Waals surface area contributed by atoms with Crippen LogP contribution in [-0.4, -0.2) is 0 Å². The maximum atomic E-state index is 2.48. The molecule has 0 amide bonds. The molecule has 0 aromatic carbocycles. The maximum absolute atomic E-state index is 2.48. The molecule has 0 saturated heterocycles. The van der Waals surface area contributed by atoms with E-state index in [4.69, 9.17) is 0 Å². The van der Waals surface area contributed by atoms with Gasteiger partial charge in [-0.05, 0) is 36.5 Å². The first-order valence-corrected chi connectivity index (χ1v) is 5.08. The van der Waals surface area contributed by atoms with Gasteiger partial charge in [0.1, 0.15) is 0 Å². The molecule has 0 aromatic heterocycles. The van der Waals surface area contributed by atoms with Gasteiger partial charge in [0.05, 0.1) is 0 Å². The van der Waals surface area contributed by atoms with Crippen LogP contribution in [0.25, 0.3) is 0 Å². The smallest absolute Gasteiger partial charge is 0.0298 e. The van der Waals surface area contributed by atoms with Crippen molar-refractivity contribution in [3.05, 3.63) is 0 Å². The van der Waals surface area contributed by atoms with Crippen LogP contribution in [0.5, 0.6) is 0 Å². The van der Waals surface area contributed by atoms with Crippen molar-refractivity contribution in [3.8, 4) is 0 Å². The molecule has 0 bridgehead atoms. The molecule has 1 saturated carbocycles. The summed E-state index contributed by atoms with van der Waals surface area (Å²) in [6.45, 7) is 9.61. The van der Waals surface area contributed by atoms with Gasteiger partial charge in [-0.3, -0.25) is 0 Å². The third kappa shape index (κ3) is 1.77. The Hall–Kier alpha value is 0. The summed E-state index contributed by atoms with van der Waals surface area (Å²) < 4.78 is 0. The maximum Gasteiger partial charge on any atom is -0.0298 e. The van der Waals surface area contributed by atoms with Gasteiger partial charge in [-0.15, -0.1) is 0 Å². The van der Waals surface area contributed by atoms with Gasteiger partial charge >= 0.3 is 0 Å². The standard InChI is InChI=1S/C11H22/c1-5-6-11(4)8-9(2)7-10(11)3/h9-10H,5-8H2,1-4H3/t9-,10+,11+/m1/s1. The van der Waals surface area contributed by atoms with Crippen molar-refractivity contribution in [3.63, 3.8) is 0 Å². The summed E-state index contributed by atoms with van der Waals surface area (Å²) in [5, 5.41) is 0. The van der Waals surface area contributed by atoms with Crippen molar-refractivity contribution in [2.75, 3.05) is 0 Å². The normalized spacial score (nSPS) is 44.7. The quantitative estimate of drug-likeness (QED) is 0.566. The van der Waals surface area contributed by atoms with Crippen LogP contribution < -0.4 is 0 Å². The lowest BCUT2D eigenvalue weighted by molar-refractivity contribution is 0.221. The van der Waals surface area contributed by atoms with Gasteiger partial charge in [-0.1, -0.05) is 34.1 Å². The van der Waals surface area contributed by atoms with Crippen LogP contribution in [0.15, 0.2) is 0 Å². The molecule has 1 fully saturated rings. The minimum atomic E-state index is 0.675. The highest BCUT2D eigenvalue weighted by Gasteiger charge is 2.38. The van der Waals surface area contributed by atoms with Crippen LogP contribution in [0, 0.1) is 17.3 Å². The van der Waals surface area contributed by atoms with Gasteiger partial charge in [0.15, 0.2) is 0 Å². The Morgan fingerprint density at radius 3 is 2.36 bits per heavy atom. The van der Waals surface area contributed by atoms with Crippen LogP contribution in [-0.2, 0) is 0 Å². The van der Waals surface area contributed by atoms with E-state index in [0.29, 0.717) is 5.41 Å². The van der Waals surface area contributed by atoms with Crippen molar-refractivity contribution >= 4 is 0 Å². The van der Waals surface area contributed by atoms with Crippen LogP contribution in [0.1, 0.15) is 53.4 Å². The Balaban J connectivity index is 2.55. The summed E-state index contributed by atoms with van der Waals surface area (Å²) in [5.41, 5.74) is 0.675. The zero-order chi connectivity index (χ0) is 8.48. The van der Waals surface area contributed by atoms with Crippen molar-refractivity contribution in [1.29, 1.82) is 0 Å². The fourth-order valence-electron chi connectivity index (χ4n) is 2.89. The Morgan fingerprint density at radius 1 is 1.36 bits per heavy atom. The van der Waals surface area contributed by atoms with Gasteiger partial charge < -0.3 is 0 Å². The summed E-state index contributed by atoms with van der Waals surface area (Å²) in [5.74, 6) is 1.93. The molecule has 1 aliphatic carbocycles. The van der Waals surface area contributed by atoms with E-state index in [1.807, 2.05) is 0 Å². The highest BCUT2D eigenvalue weighted by atomic mass is 14.4. The SMILES string of the molecule is CCC[C@@]1(C)C[C@H](C)C[C@@H]1C. The van der Waals surface area contributed by atoms with E-state index in [1.165, 1.54) is 25.7 Å². The van der Waals surface area contributed by atoms with Crippen molar-refractivity contribution in [2.24, 2.45) is 17.3 Å². The third-order valence-corrected chi connectivity index (χ3v) is 3.58. The monoisotopic (exact) mass is 154 g/mol. The summed E-state index contributed by atoms with van der Waals surface area (Å²) in [7, 11) is 0. The van der Waals surface area contributed by atoms with Gasteiger partial charge in [0.25, 0.3) is 0 Å². The molecule has 0 spiro atoms. The van der Waals surface area contributed by atoms with E-state index in [2.05, 4.69) is 27.7 Å². The molecule has 1 aliphatic rings. The van der Waals surface area contributed by atoms with Crippen molar-refractivity contribution in [1.82, 2.24) is 0 Å². The molecule has 0 unspecified atom stereocenters. The lowest BCUT2D eigenvalue weighted by atomic mass is 9.77. The summed E-state index contributed by atoms with van der Waals surface area (Å²) in [6.07, 6.45) is 5.70. The van der Waals surface area contributed by atoms with E-state index in [0.717, 1.165) is 11.8 Å². The minimum Gasteiger partial charge on any atom is -0.0654 e. The zero-order valence-electron chi connectivity index (χ0n) is 8.48. The van der Waals surface area contributed by atoms with Gasteiger partial charge in [0.2, 0.25) is 0 Å². The first-order chi connectivity index (χ1) is 5.08. The van der Waals surface area contributed by atoms with Crippen LogP contribution in [0.4, 0.5) is 0 Å². The molecule has 0 nitrogen and oxygen atoms in total. The van der Waals surface area contributed by atoms with Gasteiger partial charge in [-0.2, -0.15) is 0 Å². The fourth-order valence-corrected chi connectivity index (χ4v) is 2.89. The van der Waals surface area contributed by atoms with E-state index >= 15 is 0 Å². The molecule has 0 aromatic rings. The summed E-state index contributed by atoms with van der Waals surface area (Å²) >= 11 is 0. The first-order valence-electron chi connectivity index (χ1n) is 5.08. The Bertz CT molecular complexity index is 128. The second-order valence-electron chi connectivity index (χ2n) is 4.85. The lowest BCUT2D eigenvalue weighted by Gasteiger charge is -2.28. The molecule has 11 heavy (non-hydrogen) atoms. The summed E-state index contributed by atoms with van der Waals surface area (Å²) in [4.78, 5) is 0. The van der Waals surface area contributed by atoms with E-state index in [-0.39, 0.29) is 0 Å².